The lowest BCUT2D eigenvalue weighted by atomic mass is 10.1. The van der Waals surface area contributed by atoms with Gasteiger partial charge in [0.1, 0.15) is 11.5 Å². The van der Waals surface area contributed by atoms with Crippen LogP contribution in [-0.2, 0) is 11.2 Å². The molecule has 0 bridgehead atoms. The van der Waals surface area contributed by atoms with E-state index in [9.17, 15) is 4.79 Å². The Kier molecular flexibility index (Phi) is 5.48. The van der Waals surface area contributed by atoms with Gasteiger partial charge in [-0.2, -0.15) is 0 Å². The molecule has 0 aliphatic carbocycles. The summed E-state index contributed by atoms with van der Waals surface area (Å²) in [4.78, 5) is 12.1. The molecule has 134 valence electrons. The Balaban J connectivity index is 1.65. The molecule has 7 heteroatoms. The molecule has 0 radical (unpaired) electrons. The highest BCUT2D eigenvalue weighted by Gasteiger charge is 2.13. The summed E-state index contributed by atoms with van der Waals surface area (Å²) in [5, 5.41) is 10.5. The van der Waals surface area contributed by atoms with E-state index in [1.54, 1.807) is 32.4 Å². The number of carbonyl (C=O) groups is 1. The van der Waals surface area contributed by atoms with Gasteiger partial charge in [-0.15, -0.1) is 5.10 Å². The number of nitrogens with one attached hydrogen (secondary N) is 1. The van der Waals surface area contributed by atoms with E-state index in [0.29, 0.717) is 29.9 Å². The van der Waals surface area contributed by atoms with E-state index >= 15 is 0 Å². The Bertz CT molecular complexity index is 855. The number of carbonyl (C=O) groups excluding carboxylic acids is 1. The maximum Gasteiger partial charge on any atom is 0.322 e. The second-order valence-electron chi connectivity index (χ2n) is 5.55. The van der Waals surface area contributed by atoms with Crippen molar-refractivity contribution >= 4 is 11.9 Å². The molecule has 0 saturated heterocycles. The average Bonchev–Trinajstić information content (AvgIpc) is 3.15. The lowest BCUT2D eigenvalue weighted by molar-refractivity contribution is -0.116. The normalized spacial score (nSPS) is 10.4. The Hall–Kier alpha value is -3.35. The second-order valence-corrected chi connectivity index (χ2v) is 5.55. The van der Waals surface area contributed by atoms with E-state index < -0.39 is 0 Å². The van der Waals surface area contributed by atoms with Crippen molar-refractivity contribution in [1.29, 1.82) is 0 Å². The summed E-state index contributed by atoms with van der Waals surface area (Å²) in [6.07, 6.45) is 0.968. The molecule has 1 N–H and O–H groups in total. The first kappa shape index (κ1) is 17.5. The fraction of sp³-hybridized carbons (Fsp3) is 0.211. The Morgan fingerprint density at radius 2 is 1.73 bits per heavy atom. The molecular formula is C19H19N3O4. The third-order valence-electron chi connectivity index (χ3n) is 3.75. The number of hydrogen-bond donors (Lipinski definition) is 1. The van der Waals surface area contributed by atoms with Crippen molar-refractivity contribution in [2.24, 2.45) is 0 Å². The molecule has 0 aliphatic heterocycles. The molecule has 26 heavy (non-hydrogen) atoms. The Labute approximate surface area is 151 Å². The molecule has 7 nitrogen and oxygen atoms in total. The van der Waals surface area contributed by atoms with E-state index in [2.05, 4.69) is 15.5 Å². The van der Waals surface area contributed by atoms with E-state index in [0.717, 1.165) is 5.56 Å². The van der Waals surface area contributed by atoms with Crippen LogP contribution in [-0.4, -0.2) is 30.3 Å². The maximum absolute atomic E-state index is 12.1. The van der Waals surface area contributed by atoms with Gasteiger partial charge in [0.05, 0.1) is 14.2 Å². The van der Waals surface area contributed by atoms with Crippen molar-refractivity contribution < 1.29 is 18.7 Å². The van der Waals surface area contributed by atoms with Crippen LogP contribution in [0.5, 0.6) is 11.5 Å². The van der Waals surface area contributed by atoms with Gasteiger partial charge < -0.3 is 13.9 Å². The lowest BCUT2D eigenvalue weighted by Crippen LogP contribution is -2.12. The summed E-state index contributed by atoms with van der Waals surface area (Å²) in [5.74, 6) is 1.28. The number of aromatic nitrogens is 2. The summed E-state index contributed by atoms with van der Waals surface area (Å²) in [7, 11) is 3.12. The number of benzene rings is 2. The summed E-state index contributed by atoms with van der Waals surface area (Å²) in [5.41, 5.74) is 1.73. The zero-order valence-electron chi connectivity index (χ0n) is 14.6. The van der Waals surface area contributed by atoms with Crippen LogP contribution in [0.2, 0.25) is 0 Å². The predicted octanol–water partition coefficient (Wildman–Crippen LogP) is 3.33. The van der Waals surface area contributed by atoms with Gasteiger partial charge in [0.25, 0.3) is 0 Å². The number of rotatable bonds is 7. The van der Waals surface area contributed by atoms with E-state index in [4.69, 9.17) is 13.9 Å². The number of ether oxygens (including phenoxy) is 2. The molecule has 0 spiro atoms. The summed E-state index contributed by atoms with van der Waals surface area (Å²) in [6, 6.07) is 15.1. The van der Waals surface area contributed by atoms with Gasteiger partial charge in [-0.1, -0.05) is 35.4 Å². The predicted molar refractivity (Wildman–Crippen MR) is 96.2 cm³/mol. The lowest BCUT2D eigenvalue weighted by Gasteiger charge is -2.05. The fourth-order valence-electron chi connectivity index (χ4n) is 2.41. The summed E-state index contributed by atoms with van der Waals surface area (Å²) >= 11 is 0. The standard InChI is InChI=1S/C19H19N3O4/c1-24-15-10-14(11-16(12-15)25-2)18-21-22-19(26-18)20-17(23)9-8-13-6-4-3-5-7-13/h3-7,10-12H,8-9H2,1-2H3,(H,20,22,23). The molecule has 0 fully saturated rings. The van der Waals surface area contributed by atoms with Crippen molar-refractivity contribution in [3.63, 3.8) is 0 Å². The maximum atomic E-state index is 12.1. The van der Waals surface area contributed by atoms with Crippen molar-refractivity contribution in [2.75, 3.05) is 19.5 Å². The molecule has 1 heterocycles. The van der Waals surface area contributed by atoms with Crippen LogP contribution in [0.25, 0.3) is 11.5 Å². The van der Waals surface area contributed by atoms with Crippen LogP contribution in [0.1, 0.15) is 12.0 Å². The number of aryl methyl sites for hydroxylation is 1. The summed E-state index contributed by atoms with van der Waals surface area (Å²) in [6.45, 7) is 0. The molecule has 0 unspecified atom stereocenters. The van der Waals surface area contributed by atoms with Crippen molar-refractivity contribution in [2.45, 2.75) is 12.8 Å². The van der Waals surface area contributed by atoms with Gasteiger partial charge in [0.15, 0.2) is 0 Å². The molecule has 1 amide bonds. The first-order chi connectivity index (χ1) is 12.7. The molecule has 0 atom stereocenters. The molecule has 0 saturated carbocycles. The molecule has 2 aromatic carbocycles. The van der Waals surface area contributed by atoms with E-state index in [1.807, 2.05) is 30.3 Å². The fourth-order valence-corrected chi connectivity index (χ4v) is 2.41. The molecule has 1 aromatic heterocycles. The van der Waals surface area contributed by atoms with Crippen LogP contribution in [0.3, 0.4) is 0 Å². The number of anilines is 1. The summed E-state index contributed by atoms with van der Waals surface area (Å²) < 4.78 is 16.0. The Morgan fingerprint density at radius 1 is 1.04 bits per heavy atom. The minimum absolute atomic E-state index is 0.0554. The smallest absolute Gasteiger partial charge is 0.322 e. The number of hydrogen-bond acceptors (Lipinski definition) is 6. The van der Waals surface area contributed by atoms with Gasteiger partial charge in [-0.05, 0) is 24.1 Å². The minimum atomic E-state index is -0.188. The monoisotopic (exact) mass is 353 g/mol. The highest BCUT2D eigenvalue weighted by Crippen LogP contribution is 2.29. The SMILES string of the molecule is COc1cc(OC)cc(-c2nnc(NC(=O)CCc3ccccc3)o2)c1. The number of nitrogens with zero attached hydrogens (tertiary/aromatic N) is 2. The quantitative estimate of drug-likeness (QED) is 0.701. The van der Waals surface area contributed by atoms with Crippen LogP contribution < -0.4 is 14.8 Å². The minimum Gasteiger partial charge on any atom is -0.497 e. The van der Waals surface area contributed by atoms with E-state index in [1.165, 1.54) is 0 Å². The molecular weight excluding hydrogens is 334 g/mol. The van der Waals surface area contributed by atoms with Crippen molar-refractivity contribution in [1.82, 2.24) is 10.2 Å². The second kappa shape index (κ2) is 8.15. The first-order valence-electron chi connectivity index (χ1n) is 8.08. The van der Waals surface area contributed by atoms with Crippen molar-refractivity contribution in [3.8, 4) is 23.0 Å². The van der Waals surface area contributed by atoms with Crippen LogP contribution in [0, 0.1) is 0 Å². The number of amides is 1. The largest absolute Gasteiger partial charge is 0.497 e. The van der Waals surface area contributed by atoms with Gasteiger partial charge >= 0.3 is 6.01 Å². The highest BCUT2D eigenvalue weighted by atomic mass is 16.5. The van der Waals surface area contributed by atoms with Gasteiger partial charge in [0.2, 0.25) is 11.8 Å². The van der Waals surface area contributed by atoms with Crippen LogP contribution >= 0.6 is 0 Å². The van der Waals surface area contributed by atoms with Crippen LogP contribution in [0.4, 0.5) is 6.01 Å². The number of methoxy groups -OCH3 is 2. The molecule has 0 aliphatic rings. The Morgan fingerprint density at radius 3 is 2.38 bits per heavy atom. The highest BCUT2D eigenvalue weighted by molar-refractivity contribution is 5.88. The van der Waals surface area contributed by atoms with E-state index in [-0.39, 0.29) is 17.8 Å². The third-order valence-corrected chi connectivity index (χ3v) is 3.75. The average molecular weight is 353 g/mol. The third kappa shape index (κ3) is 4.38. The van der Waals surface area contributed by atoms with Crippen molar-refractivity contribution in [3.05, 3.63) is 54.1 Å². The van der Waals surface area contributed by atoms with Crippen LogP contribution in [0.15, 0.2) is 52.9 Å². The molecule has 3 aromatic rings. The van der Waals surface area contributed by atoms with Gasteiger partial charge in [0, 0.05) is 18.1 Å². The molecule has 3 rings (SSSR count). The first-order valence-corrected chi connectivity index (χ1v) is 8.08. The van der Waals surface area contributed by atoms with Gasteiger partial charge in [-0.3, -0.25) is 10.1 Å². The zero-order chi connectivity index (χ0) is 18.4. The topological polar surface area (TPSA) is 86.5 Å². The van der Waals surface area contributed by atoms with Gasteiger partial charge in [-0.25, -0.2) is 0 Å². The zero-order valence-corrected chi connectivity index (χ0v) is 14.6.